The van der Waals surface area contributed by atoms with Crippen LogP contribution < -0.4 is 5.32 Å². The highest BCUT2D eigenvalue weighted by Gasteiger charge is 2.53. The summed E-state index contributed by atoms with van der Waals surface area (Å²) in [6.45, 7) is 9.93. The fourth-order valence-electron chi connectivity index (χ4n) is 2.58. The monoisotopic (exact) mass is 313 g/mol. The number of imidazole rings is 1. The molecule has 1 saturated heterocycles. The molecule has 1 aliphatic heterocycles. The fourth-order valence-corrected chi connectivity index (χ4v) is 2.58. The molecule has 7 heteroatoms. The van der Waals surface area contributed by atoms with E-state index in [1.807, 2.05) is 6.92 Å². The first-order chi connectivity index (χ1) is 10.2. The van der Waals surface area contributed by atoms with E-state index < -0.39 is 6.55 Å². The molecule has 5 nitrogen and oxygen atoms in total. The molecule has 0 aromatic carbocycles. The van der Waals surface area contributed by atoms with Crippen molar-refractivity contribution in [3.63, 3.8) is 0 Å². The van der Waals surface area contributed by atoms with E-state index in [1.54, 1.807) is 0 Å². The summed E-state index contributed by atoms with van der Waals surface area (Å²) < 4.78 is 26.5. The van der Waals surface area contributed by atoms with Gasteiger partial charge in [-0.05, 0) is 20.8 Å². The maximum absolute atomic E-state index is 12.8. The van der Waals surface area contributed by atoms with E-state index in [2.05, 4.69) is 47.9 Å². The number of hydrogen-bond acceptors (Lipinski definition) is 2. The van der Waals surface area contributed by atoms with Crippen molar-refractivity contribution in [2.45, 2.75) is 53.3 Å². The van der Waals surface area contributed by atoms with Gasteiger partial charge in [0.2, 0.25) is 0 Å². The Labute approximate surface area is 130 Å². The number of likely N-dealkylation sites (tertiary alicyclic amines) is 1. The first-order valence-electron chi connectivity index (χ1n) is 7.56. The van der Waals surface area contributed by atoms with Gasteiger partial charge >= 0.3 is 6.55 Å². The molecule has 1 N–H and O–H groups in total. The predicted octanol–water partition coefficient (Wildman–Crippen LogP) is 2.86. The summed E-state index contributed by atoms with van der Waals surface area (Å²) in [5, 5.41) is 3.24. The maximum Gasteiger partial charge on any atom is 0.319 e. The van der Waals surface area contributed by atoms with Gasteiger partial charge in [0.05, 0.1) is 0 Å². The molecule has 1 aromatic rings. The second-order valence-electron chi connectivity index (χ2n) is 6.73. The second-order valence-corrected chi connectivity index (χ2v) is 6.73. The van der Waals surface area contributed by atoms with Gasteiger partial charge in [0.15, 0.2) is 5.96 Å². The Hall–Kier alpha value is -1.66. The number of alkyl halides is 2. The summed E-state index contributed by atoms with van der Waals surface area (Å²) in [6, 6.07) is 0. The topological polar surface area (TPSA) is 45.5 Å². The van der Waals surface area contributed by atoms with Gasteiger partial charge < -0.3 is 10.2 Å². The molecule has 0 bridgehead atoms. The lowest BCUT2D eigenvalue weighted by Crippen LogP contribution is -2.72. The Balaban J connectivity index is 2.17. The normalized spacial score (nSPS) is 20.2. The fraction of sp³-hybridized carbons (Fsp3) is 0.733. The van der Waals surface area contributed by atoms with Crippen LogP contribution >= 0.6 is 0 Å². The number of rotatable bonds is 4. The van der Waals surface area contributed by atoms with Crippen molar-refractivity contribution in [3.05, 3.63) is 18.2 Å². The van der Waals surface area contributed by atoms with Gasteiger partial charge in [-0.15, -0.1) is 0 Å². The Kier molecular flexibility index (Phi) is 4.44. The summed E-state index contributed by atoms with van der Waals surface area (Å²) in [7, 11) is 0. The van der Waals surface area contributed by atoms with E-state index in [-0.39, 0.29) is 23.3 Å². The van der Waals surface area contributed by atoms with Crippen LogP contribution in [-0.4, -0.2) is 39.0 Å². The number of aromatic nitrogens is 2. The van der Waals surface area contributed by atoms with Crippen molar-refractivity contribution in [2.24, 2.45) is 10.4 Å². The van der Waals surface area contributed by atoms with Crippen molar-refractivity contribution >= 4 is 5.96 Å². The molecule has 2 rings (SSSR count). The van der Waals surface area contributed by atoms with Gasteiger partial charge in [-0.25, -0.2) is 9.98 Å². The molecule has 0 amide bonds. The third-order valence-corrected chi connectivity index (χ3v) is 4.80. The minimum atomic E-state index is -2.59. The van der Waals surface area contributed by atoms with E-state index >= 15 is 0 Å². The summed E-state index contributed by atoms with van der Waals surface area (Å²) in [5.41, 5.74) is 0.150. The molecule has 22 heavy (non-hydrogen) atoms. The zero-order valence-electron chi connectivity index (χ0n) is 13.9. The van der Waals surface area contributed by atoms with Gasteiger partial charge in [0.1, 0.15) is 12.4 Å². The van der Waals surface area contributed by atoms with Crippen LogP contribution in [0.5, 0.6) is 0 Å². The smallest absolute Gasteiger partial charge is 0.319 e. The molecule has 124 valence electrons. The first kappa shape index (κ1) is 16.7. The number of hydrogen-bond donors (Lipinski definition) is 1. The Morgan fingerprint density at radius 2 is 2.09 bits per heavy atom. The van der Waals surface area contributed by atoms with Crippen LogP contribution in [0, 0.1) is 5.41 Å². The lowest BCUT2D eigenvalue weighted by Gasteiger charge is -2.62. The summed E-state index contributed by atoms with van der Waals surface area (Å²) in [5.74, 6) is 1.01. The van der Waals surface area contributed by atoms with Crippen molar-refractivity contribution in [2.75, 3.05) is 13.1 Å². The van der Waals surface area contributed by atoms with E-state index in [0.717, 1.165) is 23.6 Å². The standard InChI is InChI=1S/C15H25F2N5/c1-6-18-13(22-10-14(2,3)15(22,4)5)20-9-11-19-7-8-21(11)12(16)17/h7-8,12H,6,9-10H2,1-5H3,(H,18,20). The lowest BCUT2D eigenvalue weighted by atomic mass is 9.65. The van der Waals surface area contributed by atoms with Crippen LogP contribution in [0.25, 0.3) is 0 Å². The third kappa shape index (κ3) is 2.80. The molecule has 0 saturated carbocycles. The van der Waals surface area contributed by atoms with Crippen LogP contribution in [0.3, 0.4) is 0 Å². The molecule has 1 aromatic heterocycles. The predicted molar refractivity (Wildman–Crippen MR) is 82.9 cm³/mol. The van der Waals surface area contributed by atoms with Crippen molar-refractivity contribution < 1.29 is 8.78 Å². The largest absolute Gasteiger partial charge is 0.356 e. The van der Waals surface area contributed by atoms with Gasteiger partial charge in [-0.1, -0.05) is 13.8 Å². The summed E-state index contributed by atoms with van der Waals surface area (Å²) >= 11 is 0. The average Bonchev–Trinajstić information content (AvgIpc) is 2.89. The molecule has 1 fully saturated rings. The highest BCUT2D eigenvalue weighted by atomic mass is 19.3. The van der Waals surface area contributed by atoms with E-state index in [0.29, 0.717) is 0 Å². The highest BCUT2D eigenvalue weighted by molar-refractivity contribution is 5.82. The molecule has 0 atom stereocenters. The first-order valence-corrected chi connectivity index (χ1v) is 7.56. The summed E-state index contributed by atoms with van der Waals surface area (Å²) in [4.78, 5) is 10.7. The van der Waals surface area contributed by atoms with Gasteiger partial charge in [0.25, 0.3) is 0 Å². The number of guanidine groups is 1. The Morgan fingerprint density at radius 3 is 2.59 bits per heavy atom. The number of halogens is 2. The molecular formula is C15H25F2N5. The molecule has 0 aliphatic carbocycles. The highest BCUT2D eigenvalue weighted by Crippen LogP contribution is 2.46. The van der Waals surface area contributed by atoms with Crippen molar-refractivity contribution in [1.29, 1.82) is 0 Å². The van der Waals surface area contributed by atoms with Crippen LogP contribution in [0.15, 0.2) is 17.4 Å². The van der Waals surface area contributed by atoms with Crippen molar-refractivity contribution in [1.82, 2.24) is 19.8 Å². The number of nitrogens with zero attached hydrogens (tertiary/aromatic N) is 4. The van der Waals surface area contributed by atoms with Crippen molar-refractivity contribution in [3.8, 4) is 0 Å². The van der Waals surface area contributed by atoms with Crippen LogP contribution in [-0.2, 0) is 6.54 Å². The SMILES string of the molecule is CCNC(=NCc1nccn1C(F)F)N1CC(C)(C)C1(C)C. The van der Waals surface area contributed by atoms with E-state index in [4.69, 9.17) is 0 Å². The lowest BCUT2D eigenvalue weighted by molar-refractivity contribution is -0.0668. The minimum Gasteiger partial charge on any atom is -0.356 e. The number of aliphatic imine (C=N–C) groups is 1. The van der Waals surface area contributed by atoms with E-state index in [1.165, 1.54) is 12.4 Å². The molecule has 0 unspecified atom stereocenters. The molecule has 0 radical (unpaired) electrons. The molecule has 1 aliphatic rings. The molecule has 2 heterocycles. The average molecular weight is 313 g/mol. The number of nitrogens with one attached hydrogen (secondary N) is 1. The third-order valence-electron chi connectivity index (χ3n) is 4.80. The van der Waals surface area contributed by atoms with Crippen LogP contribution in [0.4, 0.5) is 8.78 Å². The molecule has 0 spiro atoms. The van der Waals surface area contributed by atoms with Gasteiger partial charge in [0, 0.05) is 36.4 Å². The minimum absolute atomic E-state index is 0.0356. The van der Waals surface area contributed by atoms with Crippen LogP contribution in [0.2, 0.25) is 0 Å². The molecular weight excluding hydrogens is 288 g/mol. The quantitative estimate of drug-likeness (QED) is 0.687. The maximum atomic E-state index is 12.8. The summed E-state index contributed by atoms with van der Waals surface area (Å²) in [6.07, 6.45) is 2.65. The second kappa shape index (κ2) is 5.85. The zero-order valence-corrected chi connectivity index (χ0v) is 13.9. The van der Waals surface area contributed by atoms with E-state index in [9.17, 15) is 8.78 Å². The Bertz CT molecular complexity index is 548. The zero-order chi connectivity index (χ0) is 16.5. The van der Waals surface area contributed by atoms with Gasteiger partial charge in [-0.2, -0.15) is 8.78 Å². The Morgan fingerprint density at radius 1 is 1.41 bits per heavy atom. The van der Waals surface area contributed by atoms with Crippen LogP contribution in [0.1, 0.15) is 47.0 Å². The van der Waals surface area contributed by atoms with Gasteiger partial charge in [-0.3, -0.25) is 4.57 Å².